The molecule has 1 heterocycles. The predicted molar refractivity (Wildman–Crippen MR) is 86.3 cm³/mol. The maximum Gasteiger partial charge on any atom is 0.293 e. The van der Waals surface area contributed by atoms with Crippen molar-refractivity contribution >= 4 is 28.7 Å². The number of nitrogens with one attached hydrogen (secondary N) is 2. The molecule has 0 aromatic heterocycles. The minimum absolute atomic E-state index is 0.201. The number of hydrogen-bond donors (Lipinski definition) is 2. The summed E-state index contributed by atoms with van der Waals surface area (Å²) in [5, 5.41) is 25.7. The van der Waals surface area contributed by atoms with Crippen LogP contribution in [-0.4, -0.2) is 16.9 Å². The molecule has 2 N–H and O–H groups in total. The van der Waals surface area contributed by atoms with E-state index in [1.807, 2.05) is 6.07 Å². The van der Waals surface area contributed by atoms with Crippen molar-refractivity contribution in [1.82, 2.24) is 0 Å². The molecule has 1 aliphatic heterocycles. The van der Waals surface area contributed by atoms with Crippen LogP contribution in [0.4, 0.5) is 22.7 Å². The van der Waals surface area contributed by atoms with E-state index in [0.717, 1.165) is 0 Å². The summed E-state index contributed by atoms with van der Waals surface area (Å²) in [5.41, 5.74) is 1.27. The molecule has 0 spiro atoms. The molecule has 0 radical (unpaired) electrons. The normalized spacial score (nSPS) is 15.5. The van der Waals surface area contributed by atoms with Crippen molar-refractivity contribution in [3.05, 3.63) is 52.1 Å². The molecule has 0 bridgehead atoms. The third kappa shape index (κ3) is 2.83. The monoisotopic (exact) mass is 324 g/mol. The number of anilines is 3. The third-order valence-electron chi connectivity index (χ3n) is 3.51. The maximum atomic E-state index is 11.7. The quantitative estimate of drug-likeness (QED) is 0.662. The summed E-state index contributed by atoms with van der Waals surface area (Å²) in [6.45, 7) is 1.64. The zero-order valence-electron chi connectivity index (χ0n) is 12.6. The summed E-state index contributed by atoms with van der Waals surface area (Å²) >= 11 is 0. The Bertz CT molecular complexity index is 888. The van der Waals surface area contributed by atoms with E-state index in [1.165, 1.54) is 18.2 Å². The molecule has 2 aromatic carbocycles. The van der Waals surface area contributed by atoms with Crippen molar-refractivity contribution in [2.24, 2.45) is 0 Å². The first-order valence-electron chi connectivity index (χ1n) is 7.05. The van der Waals surface area contributed by atoms with E-state index < -0.39 is 11.0 Å². The Morgan fingerprint density at radius 1 is 1.33 bits per heavy atom. The van der Waals surface area contributed by atoms with E-state index in [-0.39, 0.29) is 22.8 Å². The van der Waals surface area contributed by atoms with Gasteiger partial charge in [-0.1, -0.05) is 0 Å². The summed E-state index contributed by atoms with van der Waals surface area (Å²) < 4.78 is 5.46. The fourth-order valence-corrected chi connectivity index (χ4v) is 2.30. The fraction of sp³-hybridized carbons (Fsp3) is 0.125. The first kappa shape index (κ1) is 15.3. The van der Waals surface area contributed by atoms with Gasteiger partial charge in [-0.15, -0.1) is 0 Å². The highest BCUT2D eigenvalue weighted by Crippen LogP contribution is 2.35. The zero-order chi connectivity index (χ0) is 17.3. The highest BCUT2D eigenvalue weighted by Gasteiger charge is 2.24. The van der Waals surface area contributed by atoms with Gasteiger partial charge >= 0.3 is 0 Å². The van der Waals surface area contributed by atoms with Crippen LogP contribution in [0.15, 0.2) is 36.4 Å². The van der Waals surface area contributed by atoms with Gasteiger partial charge < -0.3 is 15.4 Å². The Hall–Kier alpha value is -3.60. The number of fused-ring (bicyclic) bond motifs is 1. The Balaban J connectivity index is 1.93. The summed E-state index contributed by atoms with van der Waals surface area (Å²) in [5.74, 6) is 0.269. The minimum Gasteiger partial charge on any atom is -0.479 e. The number of rotatable bonds is 3. The van der Waals surface area contributed by atoms with Gasteiger partial charge in [0.15, 0.2) is 6.10 Å². The molecule has 2 aromatic rings. The summed E-state index contributed by atoms with van der Waals surface area (Å²) in [7, 11) is 0. The number of benzene rings is 2. The van der Waals surface area contributed by atoms with Crippen LogP contribution < -0.4 is 15.4 Å². The highest BCUT2D eigenvalue weighted by atomic mass is 16.6. The average Bonchev–Trinajstić information content (AvgIpc) is 2.56. The van der Waals surface area contributed by atoms with E-state index >= 15 is 0 Å². The van der Waals surface area contributed by atoms with Gasteiger partial charge in [0.05, 0.1) is 22.2 Å². The van der Waals surface area contributed by atoms with Crippen LogP contribution in [0, 0.1) is 21.4 Å². The smallest absolute Gasteiger partial charge is 0.293 e. The third-order valence-corrected chi connectivity index (χ3v) is 3.51. The second kappa shape index (κ2) is 5.89. The summed E-state index contributed by atoms with van der Waals surface area (Å²) in [6.07, 6.45) is -0.573. The molecule has 0 aliphatic carbocycles. The van der Waals surface area contributed by atoms with Crippen molar-refractivity contribution in [3.63, 3.8) is 0 Å². The van der Waals surface area contributed by atoms with Gasteiger partial charge in [0.25, 0.3) is 11.6 Å². The van der Waals surface area contributed by atoms with Crippen molar-refractivity contribution in [1.29, 1.82) is 5.26 Å². The minimum atomic E-state index is -0.573. The number of carbonyl (C=O) groups excluding carboxylic acids is 1. The van der Waals surface area contributed by atoms with E-state index in [9.17, 15) is 14.9 Å². The maximum absolute atomic E-state index is 11.7. The lowest BCUT2D eigenvalue weighted by Crippen LogP contribution is -2.34. The first-order chi connectivity index (χ1) is 11.5. The molecule has 1 amide bonds. The van der Waals surface area contributed by atoms with Crippen molar-refractivity contribution < 1.29 is 14.5 Å². The number of amides is 1. The SMILES string of the molecule is CC1Oc2ccc(Nc3ccc(C#N)cc3[N+](=O)[O-])cc2NC1=O. The van der Waals surface area contributed by atoms with Gasteiger partial charge in [0, 0.05) is 11.8 Å². The lowest BCUT2D eigenvalue weighted by atomic mass is 10.1. The van der Waals surface area contributed by atoms with Crippen molar-refractivity contribution in [2.45, 2.75) is 13.0 Å². The van der Waals surface area contributed by atoms with Gasteiger partial charge in [-0.25, -0.2) is 0 Å². The van der Waals surface area contributed by atoms with Crippen LogP contribution in [0.25, 0.3) is 0 Å². The number of nitriles is 1. The number of nitro benzene ring substituents is 1. The van der Waals surface area contributed by atoms with Gasteiger partial charge in [-0.05, 0) is 37.3 Å². The molecule has 8 heteroatoms. The Morgan fingerprint density at radius 3 is 2.83 bits per heavy atom. The topological polar surface area (TPSA) is 117 Å². The predicted octanol–water partition coefficient (Wildman–Crippen LogP) is 2.93. The van der Waals surface area contributed by atoms with Gasteiger partial charge in [-0.2, -0.15) is 5.26 Å². The molecule has 1 unspecified atom stereocenters. The number of nitro groups is 1. The molecule has 1 aliphatic rings. The fourth-order valence-electron chi connectivity index (χ4n) is 2.30. The molecule has 8 nitrogen and oxygen atoms in total. The lowest BCUT2D eigenvalue weighted by molar-refractivity contribution is -0.383. The number of nitrogens with zero attached hydrogens (tertiary/aromatic N) is 2. The molecule has 3 rings (SSSR count). The van der Waals surface area contributed by atoms with Crippen LogP contribution in [0.3, 0.4) is 0 Å². The molecule has 1 atom stereocenters. The molecular weight excluding hydrogens is 312 g/mol. The number of ether oxygens (including phenoxy) is 1. The van der Waals surface area contributed by atoms with Crippen molar-refractivity contribution in [2.75, 3.05) is 10.6 Å². The summed E-state index contributed by atoms with van der Waals surface area (Å²) in [4.78, 5) is 22.3. The lowest BCUT2D eigenvalue weighted by Gasteiger charge is -2.23. The summed E-state index contributed by atoms with van der Waals surface area (Å²) in [6, 6.07) is 11.0. The number of carbonyl (C=O) groups is 1. The van der Waals surface area contributed by atoms with Crippen LogP contribution in [-0.2, 0) is 4.79 Å². The molecule has 0 saturated carbocycles. The average molecular weight is 324 g/mol. The van der Waals surface area contributed by atoms with Gasteiger partial charge in [0.1, 0.15) is 11.4 Å². The van der Waals surface area contributed by atoms with Gasteiger partial charge in [0.2, 0.25) is 0 Å². The molecular formula is C16H12N4O4. The van der Waals surface area contributed by atoms with E-state index in [1.54, 1.807) is 25.1 Å². The Morgan fingerprint density at radius 2 is 2.12 bits per heavy atom. The van der Waals surface area contributed by atoms with Crippen LogP contribution in [0.2, 0.25) is 0 Å². The van der Waals surface area contributed by atoms with Crippen molar-refractivity contribution in [3.8, 4) is 11.8 Å². The van der Waals surface area contributed by atoms with Crippen LogP contribution in [0.1, 0.15) is 12.5 Å². The van der Waals surface area contributed by atoms with Gasteiger partial charge in [-0.3, -0.25) is 14.9 Å². The standard InChI is InChI=1S/C16H12N4O4/c1-9-16(21)19-13-7-11(3-5-15(13)24-9)18-12-4-2-10(8-17)6-14(12)20(22)23/h2-7,9,18H,1H3,(H,19,21). The largest absolute Gasteiger partial charge is 0.479 e. The Labute approximate surface area is 136 Å². The highest BCUT2D eigenvalue weighted by molar-refractivity contribution is 5.98. The van der Waals surface area contributed by atoms with Crippen LogP contribution in [0.5, 0.6) is 5.75 Å². The first-order valence-corrected chi connectivity index (χ1v) is 7.05. The van der Waals surface area contributed by atoms with E-state index in [0.29, 0.717) is 17.1 Å². The second-order valence-corrected chi connectivity index (χ2v) is 5.19. The van der Waals surface area contributed by atoms with E-state index in [2.05, 4.69) is 10.6 Å². The molecule has 24 heavy (non-hydrogen) atoms. The Kier molecular flexibility index (Phi) is 3.75. The molecule has 0 saturated heterocycles. The zero-order valence-corrected chi connectivity index (χ0v) is 12.6. The van der Waals surface area contributed by atoms with Crippen LogP contribution >= 0.6 is 0 Å². The second-order valence-electron chi connectivity index (χ2n) is 5.19. The number of hydrogen-bond acceptors (Lipinski definition) is 6. The van der Waals surface area contributed by atoms with E-state index in [4.69, 9.17) is 10.00 Å². The molecule has 0 fully saturated rings. The molecule has 120 valence electrons.